The molecular weight excluding hydrogens is 314 g/mol. The van der Waals surface area contributed by atoms with Crippen LogP contribution in [-0.4, -0.2) is 54.6 Å². The average molecular weight is 329 g/mol. The highest BCUT2D eigenvalue weighted by Crippen LogP contribution is 2.29. The minimum Gasteiger partial charge on any atom is -0.496 e. The Labute approximate surface area is 127 Å². The maximum atomic E-state index is 12.6. The predicted octanol–water partition coefficient (Wildman–Crippen LogP) is 0.631. The number of carboxylic acids is 2. The van der Waals surface area contributed by atoms with E-state index in [1.807, 2.05) is 0 Å². The monoisotopic (exact) mass is 329 g/mol. The van der Waals surface area contributed by atoms with E-state index in [2.05, 4.69) is 0 Å². The summed E-state index contributed by atoms with van der Waals surface area (Å²) in [5.41, 5.74) is -0.297. The van der Waals surface area contributed by atoms with Crippen LogP contribution in [-0.2, 0) is 14.8 Å². The lowest BCUT2D eigenvalue weighted by Gasteiger charge is -2.21. The number of nitrogens with zero attached hydrogens (tertiary/aromatic N) is 1. The van der Waals surface area contributed by atoms with Crippen molar-refractivity contribution in [1.29, 1.82) is 0 Å². The van der Waals surface area contributed by atoms with Crippen LogP contribution in [0.1, 0.15) is 23.2 Å². The number of methoxy groups -OCH3 is 1. The van der Waals surface area contributed by atoms with Gasteiger partial charge in [0.25, 0.3) is 0 Å². The lowest BCUT2D eigenvalue weighted by atomic mass is 10.2. The maximum Gasteiger partial charge on any atom is 0.339 e. The van der Waals surface area contributed by atoms with Crippen LogP contribution in [0.5, 0.6) is 5.75 Å². The van der Waals surface area contributed by atoms with E-state index in [-0.39, 0.29) is 29.2 Å². The molecule has 0 radical (unpaired) electrons. The highest BCUT2D eigenvalue weighted by molar-refractivity contribution is 7.89. The lowest BCUT2D eigenvalue weighted by molar-refractivity contribution is -0.140. The molecule has 1 heterocycles. The minimum atomic E-state index is -4.08. The minimum absolute atomic E-state index is 0.0302. The summed E-state index contributed by atoms with van der Waals surface area (Å²) in [6.07, 6.45) is 0.675. The second-order valence-corrected chi connectivity index (χ2v) is 6.67. The zero-order chi connectivity index (χ0) is 16.5. The molecular formula is C13H15NO7S. The van der Waals surface area contributed by atoms with E-state index in [0.717, 1.165) is 10.4 Å². The smallest absolute Gasteiger partial charge is 0.339 e. The fraction of sp³-hybridized carbons (Fsp3) is 0.385. The average Bonchev–Trinajstić information content (AvgIpc) is 2.96. The van der Waals surface area contributed by atoms with Gasteiger partial charge in [0.1, 0.15) is 17.4 Å². The van der Waals surface area contributed by atoms with Gasteiger partial charge in [0.15, 0.2) is 0 Å². The molecule has 1 aliphatic heterocycles. The molecule has 0 amide bonds. The Bertz CT molecular complexity index is 713. The summed E-state index contributed by atoms with van der Waals surface area (Å²) in [5, 5.41) is 18.2. The molecule has 1 fully saturated rings. The maximum absolute atomic E-state index is 12.6. The predicted molar refractivity (Wildman–Crippen MR) is 74.5 cm³/mol. The van der Waals surface area contributed by atoms with E-state index in [0.29, 0.717) is 6.42 Å². The van der Waals surface area contributed by atoms with Gasteiger partial charge in [-0.05, 0) is 31.0 Å². The number of ether oxygens (including phenoxy) is 1. The number of carboxylic acid groups (broad SMARTS) is 2. The van der Waals surface area contributed by atoms with Gasteiger partial charge >= 0.3 is 11.9 Å². The number of carbonyl (C=O) groups is 2. The summed E-state index contributed by atoms with van der Waals surface area (Å²) in [4.78, 5) is 22.1. The van der Waals surface area contributed by atoms with Crippen molar-refractivity contribution in [2.75, 3.05) is 13.7 Å². The molecule has 120 valence electrons. The van der Waals surface area contributed by atoms with Crippen molar-refractivity contribution in [3.63, 3.8) is 0 Å². The molecule has 1 aliphatic rings. The first-order valence-electron chi connectivity index (χ1n) is 6.45. The molecule has 8 nitrogen and oxygen atoms in total. The molecule has 2 rings (SSSR count). The van der Waals surface area contributed by atoms with Crippen molar-refractivity contribution in [1.82, 2.24) is 4.31 Å². The molecule has 0 spiro atoms. The first-order chi connectivity index (χ1) is 10.3. The van der Waals surface area contributed by atoms with Crippen LogP contribution in [0.25, 0.3) is 0 Å². The van der Waals surface area contributed by atoms with Crippen LogP contribution >= 0.6 is 0 Å². The van der Waals surface area contributed by atoms with Crippen molar-refractivity contribution < 1.29 is 33.0 Å². The van der Waals surface area contributed by atoms with Crippen LogP contribution in [0.15, 0.2) is 23.1 Å². The second kappa shape index (κ2) is 5.93. The fourth-order valence-corrected chi connectivity index (χ4v) is 4.10. The summed E-state index contributed by atoms with van der Waals surface area (Å²) < 4.78 is 30.9. The van der Waals surface area contributed by atoms with Crippen LogP contribution in [0.4, 0.5) is 0 Å². The van der Waals surface area contributed by atoms with Crippen molar-refractivity contribution in [2.24, 2.45) is 0 Å². The SMILES string of the molecule is COc1ccc(S(=O)(=O)N2CCCC2C(=O)O)cc1C(=O)O. The highest BCUT2D eigenvalue weighted by atomic mass is 32.2. The van der Waals surface area contributed by atoms with Gasteiger partial charge in [-0.2, -0.15) is 4.31 Å². The first kappa shape index (κ1) is 16.2. The van der Waals surface area contributed by atoms with E-state index in [1.165, 1.54) is 19.2 Å². The van der Waals surface area contributed by atoms with Crippen molar-refractivity contribution in [3.8, 4) is 5.75 Å². The zero-order valence-corrected chi connectivity index (χ0v) is 12.5. The Morgan fingerprint density at radius 2 is 2.00 bits per heavy atom. The van der Waals surface area contributed by atoms with Gasteiger partial charge in [0.2, 0.25) is 10.0 Å². The van der Waals surface area contributed by atoms with Crippen molar-refractivity contribution in [2.45, 2.75) is 23.8 Å². The Balaban J connectivity index is 2.48. The first-order valence-corrected chi connectivity index (χ1v) is 7.89. The van der Waals surface area contributed by atoms with Crippen LogP contribution in [0, 0.1) is 0 Å². The number of benzene rings is 1. The van der Waals surface area contributed by atoms with E-state index in [9.17, 15) is 18.0 Å². The quantitative estimate of drug-likeness (QED) is 0.812. The number of hydrogen-bond acceptors (Lipinski definition) is 5. The molecule has 1 aromatic carbocycles. The summed E-state index contributed by atoms with van der Waals surface area (Å²) in [6, 6.07) is 2.30. The summed E-state index contributed by atoms with van der Waals surface area (Å²) in [5.74, 6) is -2.51. The molecule has 1 saturated heterocycles. The van der Waals surface area contributed by atoms with E-state index < -0.39 is 28.0 Å². The number of hydrogen-bond donors (Lipinski definition) is 2. The third kappa shape index (κ3) is 2.77. The Morgan fingerprint density at radius 3 is 2.55 bits per heavy atom. The van der Waals surface area contributed by atoms with Gasteiger partial charge in [-0.25, -0.2) is 13.2 Å². The summed E-state index contributed by atoms with van der Waals surface area (Å²) in [7, 11) is -2.81. The molecule has 22 heavy (non-hydrogen) atoms. The zero-order valence-electron chi connectivity index (χ0n) is 11.7. The number of sulfonamides is 1. The molecule has 0 aromatic heterocycles. The molecule has 9 heteroatoms. The van der Waals surface area contributed by atoms with Gasteiger partial charge in [0.05, 0.1) is 12.0 Å². The van der Waals surface area contributed by atoms with Gasteiger partial charge in [-0.15, -0.1) is 0 Å². The normalized spacial score (nSPS) is 19.0. The van der Waals surface area contributed by atoms with E-state index >= 15 is 0 Å². The molecule has 0 saturated carbocycles. The Hall–Kier alpha value is -2.13. The molecule has 2 N–H and O–H groups in total. The third-order valence-corrected chi connectivity index (χ3v) is 5.40. The van der Waals surface area contributed by atoms with Crippen LogP contribution < -0.4 is 4.74 Å². The molecule has 1 aromatic rings. The topological polar surface area (TPSA) is 121 Å². The van der Waals surface area contributed by atoms with Gasteiger partial charge in [0, 0.05) is 6.54 Å². The Morgan fingerprint density at radius 1 is 1.32 bits per heavy atom. The fourth-order valence-electron chi connectivity index (χ4n) is 2.42. The van der Waals surface area contributed by atoms with Gasteiger partial charge in [-0.3, -0.25) is 4.79 Å². The van der Waals surface area contributed by atoms with Crippen molar-refractivity contribution >= 4 is 22.0 Å². The summed E-state index contributed by atoms with van der Waals surface area (Å²) >= 11 is 0. The second-order valence-electron chi connectivity index (χ2n) is 4.78. The largest absolute Gasteiger partial charge is 0.496 e. The van der Waals surface area contributed by atoms with Crippen LogP contribution in [0.3, 0.4) is 0 Å². The molecule has 0 aliphatic carbocycles. The third-order valence-electron chi connectivity index (χ3n) is 3.50. The van der Waals surface area contributed by atoms with Gasteiger partial charge < -0.3 is 14.9 Å². The molecule has 1 atom stereocenters. The van der Waals surface area contributed by atoms with Crippen LogP contribution in [0.2, 0.25) is 0 Å². The van der Waals surface area contributed by atoms with E-state index in [4.69, 9.17) is 14.9 Å². The standard InChI is InChI=1S/C13H15NO7S/c1-21-11-5-4-8(7-9(11)12(15)16)22(19,20)14-6-2-3-10(14)13(17)18/h4-5,7,10H,2-3,6H2,1H3,(H,15,16)(H,17,18). The highest BCUT2D eigenvalue weighted by Gasteiger charge is 2.39. The van der Waals surface area contributed by atoms with Crippen molar-refractivity contribution in [3.05, 3.63) is 23.8 Å². The number of aliphatic carboxylic acids is 1. The van der Waals surface area contributed by atoms with Gasteiger partial charge in [-0.1, -0.05) is 0 Å². The molecule has 1 unspecified atom stereocenters. The Kier molecular flexibility index (Phi) is 4.38. The summed E-state index contributed by atoms with van der Waals surface area (Å²) in [6.45, 7) is 0.0910. The number of aromatic carboxylic acids is 1. The van der Waals surface area contributed by atoms with E-state index in [1.54, 1.807) is 0 Å². The molecule has 0 bridgehead atoms. The lowest BCUT2D eigenvalue weighted by Crippen LogP contribution is -2.40. The number of rotatable bonds is 5.